The van der Waals surface area contributed by atoms with Crippen molar-refractivity contribution in [2.75, 3.05) is 7.11 Å². The quantitative estimate of drug-likeness (QED) is 0.410. The lowest BCUT2D eigenvalue weighted by atomic mass is 10.0. The van der Waals surface area contributed by atoms with Crippen LogP contribution in [-0.2, 0) is 6.54 Å². The Bertz CT molecular complexity index is 1540. The highest BCUT2D eigenvalue weighted by molar-refractivity contribution is 6.30. The Labute approximate surface area is 188 Å². The second-order valence-corrected chi connectivity index (χ2v) is 8.31. The highest BCUT2D eigenvalue weighted by Gasteiger charge is 2.20. The topological polar surface area (TPSA) is 85.9 Å². The first kappa shape index (κ1) is 20.3. The van der Waals surface area contributed by atoms with Crippen LogP contribution in [0.25, 0.3) is 33.1 Å². The molecule has 0 aliphatic rings. The molecule has 0 spiro atoms. The van der Waals surface area contributed by atoms with Gasteiger partial charge in [0.1, 0.15) is 11.5 Å². The number of methoxy groups -OCH3 is 1. The van der Waals surface area contributed by atoms with Crippen molar-refractivity contribution < 1.29 is 9.26 Å². The van der Waals surface area contributed by atoms with Gasteiger partial charge in [-0.15, -0.1) is 0 Å². The molecule has 2 aromatic carbocycles. The summed E-state index contributed by atoms with van der Waals surface area (Å²) in [6.07, 6.45) is 1.69. The fourth-order valence-electron chi connectivity index (χ4n) is 4.26. The number of aromatic amines is 1. The number of H-pyrrole nitrogens is 1. The number of rotatable bonds is 4. The Balaban J connectivity index is 1.77. The van der Waals surface area contributed by atoms with Crippen molar-refractivity contribution in [2.24, 2.45) is 0 Å². The number of benzene rings is 2. The number of imidazole rings is 1. The van der Waals surface area contributed by atoms with Crippen LogP contribution >= 0.6 is 11.6 Å². The van der Waals surface area contributed by atoms with E-state index in [2.05, 4.69) is 15.1 Å². The first-order valence-electron chi connectivity index (χ1n) is 10.1. The Hall–Kier alpha value is -3.58. The molecular weight excluding hydrogens is 428 g/mol. The van der Waals surface area contributed by atoms with Crippen LogP contribution in [0.2, 0.25) is 5.02 Å². The Kier molecular flexibility index (Phi) is 4.78. The Morgan fingerprint density at radius 2 is 2.00 bits per heavy atom. The predicted octanol–water partition coefficient (Wildman–Crippen LogP) is 5.17. The average molecular weight is 449 g/mol. The second-order valence-electron chi connectivity index (χ2n) is 7.88. The number of nitrogens with one attached hydrogen (secondary N) is 1. The van der Waals surface area contributed by atoms with Crippen molar-refractivity contribution in [2.45, 2.75) is 27.3 Å². The average Bonchev–Trinajstić information content (AvgIpc) is 3.27. The lowest BCUT2D eigenvalue weighted by molar-refractivity contribution is 0.393. The number of nitrogens with zero attached hydrogens (tertiary/aromatic N) is 3. The fourth-order valence-corrected chi connectivity index (χ4v) is 4.49. The normalized spacial score (nSPS) is 11.5. The molecule has 0 aliphatic heterocycles. The molecule has 0 aliphatic carbocycles. The third-order valence-corrected chi connectivity index (χ3v) is 6.09. The molecular formula is C24H21ClN4O3. The summed E-state index contributed by atoms with van der Waals surface area (Å²) in [4.78, 5) is 20.4. The van der Waals surface area contributed by atoms with Gasteiger partial charge in [0, 0.05) is 16.0 Å². The van der Waals surface area contributed by atoms with Crippen LogP contribution in [0.5, 0.6) is 5.75 Å². The molecule has 0 bridgehead atoms. The largest absolute Gasteiger partial charge is 0.496 e. The minimum atomic E-state index is -0.197. The first-order valence-corrected chi connectivity index (χ1v) is 10.5. The van der Waals surface area contributed by atoms with Gasteiger partial charge in [0.15, 0.2) is 0 Å². The summed E-state index contributed by atoms with van der Waals surface area (Å²) in [6.45, 7) is 6.16. The lowest BCUT2D eigenvalue weighted by Gasteiger charge is -2.12. The van der Waals surface area contributed by atoms with Crippen LogP contribution in [0.1, 0.15) is 22.6 Å². The molecule has 1 N–H and O–H groups in total. The maximum atomic E-state index is 12.9. The van der Waals surface area contributed by atoms with E-state index < -0.39 is 0 Å². The minimum Gasteiger partial charge on any atom is -0.496 e. The van der Waals surface area contributed by atoms with E-state index in [4.69, 9.17) is 20.9 Å². The number of aromatic nitrogens is 4. The van der Waals surface area contributed by atoms with Gasteiger partial charge in [0.05, 0.1) is 47.7 Å². The van der Waals surface area contributed by atoms with Crippen molar-refractivity contribution in [3.63, 3.8) is 0 Å². The van der Waals surface area contributed by atoms with Gasteiger partial charge in [-0.3, -0.25) is 9.55 Å². The van der Waals surface area contributed by atoms with Crippen LogP contribution in [0, 0.1) is 20.8 Å². The molecule has 0 saturated carbocycles. The molecule has 7 nitrogen and oxygen atoms in total. The zero-order valence-corrected chi connectivity index (χ0v) is 18.9. The van der Waals surface area contributed by atoms with Crippen LogP contribution in [0.15, 0.2) is 45.8 Å². The van der Waals surface area contributed by atoms with Gasteiger partial charge in [0.25, 0.3) is 0 Å². The van der Waals surface area contributed by atoms with E-state index in [0.29, 0.717) is 28.6 Å². The second kappa shape index (κ2) is 7.53. The van der Waals surface area contributed by atoms with E-state index in [1.165, 1.54) is 0 Å². The van der Waals surface area contributed by atoms with Crippen LogP contribution < -0.4 is 10.4 Å². The summed E-state index contributed by atoms with van der Waals surface area (Å²) >= 11 is 6.11. The molecule has 0 saturated heterocycles. The van der Waals surface area contributed by atoms with Crippen molar-refractivity contribution in [3.8, 4) is 16.9 Å². The summed E-state index contributed by atoms with van der Waals surface area (Å²) in [7, 11) is 1.62. The number of pyridine rings is 1. The van der Waals surface area contributed by atoms with Gasteiger partial charge in [0.2, 0.25) is 0 Å². The van der Waals surface area contributed by atoms with E-state index >= 15 is 0 Å². The van der Waals surface area contributed by atoms with Crippen molar-refractivity contribution >= 4 is 33.5 Å². The SMILES string of the molecule is COc1cc2c(cc1-c1c(C)noc1C)ncc1[nH]c(=O)n(Cc3ccc(Cl)cc3C)c12. The number of fused-ring (bicyclic) bond motifs is 3. The molecule has 5 aromatic rings. The molecule has 162 valence electrons. The molecule has 0 amide bonds. The van der Waals surface area contributed by atoms with E-state index in [-0.39, 0.29) is 5.69 Å². The van der Waals surface area contributed by atoms with Gasteiger partial charge in [-0.25, -0.2) is 4.79 Å². The first-order chi connectivity index (χ1) is 15.4. The number of aryl methyl sites for hydroxylation is 3. The minimum absolute atomic E-state index is 0.197. The van der Waals surface area contributed by atoms with Gasteiger partial charge in [-0.1, -0.05) is 22.8 Å². The molecule has 5 rings (SSSR count). The molecule has 0 unspecified atom stereocenters. The predicted molar refractivity (Wildman–Crippen MR) is 125 cm³/mol. The molecule has 8 heteroatoms. The van der Waals surface area contributed by atoms with Gasteiger partial charge in [-0.05, 0) is 56.2 Å². The zero-order chi connectivity index (χ0) is 22.6. The van der Waals surface area contributed by atoms with Crippen molar-refractivity contribution in [1.29, 1.82) is 0 Å². The van der Waals surface area contributed by atoms with E-state index in [0.717, 1.165) is 44.4 Å². The summed E-state index contributed by atoms with van der Waals surface area (Å²) in [5.41, 5.74) is 6.54. The smallest absolute Gasteiger partial charge is 0.326 e. The molecule has 3 heterocycles. The van der Waals surface area contributed by atoms with Crippen molar-refractivity contribution in [1.82, 2.24) is 19.7 Å². The maximum Gasteiger partial charge on any atom is 0.326 e. The number of hydrogen-bond acceptors (Lipinski definition) is 5. The van der Waals surface area contributed by atoms with Gasteiger partial charge in [-0.2, -0.15) is 0 Å². The van der Waals surface area contributed by atoms with Crippen LogP contribution in [0.4, 0.5) is 0 Å². The maximum absolute atomic E-state index is 12.9. The summed E-state index contributed by atoms with van der Waals surface area (Å²) in [5.74, 6) is 1.36. The number of ether oxygens (including phenoxy) is 1. The van der Waals surface area contributed by atoms with Gasteiger partial charge < -0.3 is 14.2 Å². The van der Waals surface area contributed by atoms with E-state index in [1.54, 1.807) is 17.9 Å². The Morgan fingerprint density at radius 3 is 2.69 bits per heavy atom. The number of hydrogen-bond donors (Lipinski definition) is 1. The fraction of sp³-hybridized carbons (Fsp3) is 0.208. The Morgan fingerprint density at radius 1 is 1.19 bits per heavy atom. The van der Waals surface area contributed by atoms with Crippen molar-refractivity contribution in [3.05, 3.63) is 74.6 Å². The summed E-state index contributed by atoms with van der Waals surface area (Å²) < 4.78 is 12.8. The van der Waals surface area contributed by atoms with Crippen LogP contribution in [0.3, 0.4) is 0 Å². The lowest BCUT2D eigenvalue weighted by Crippen LogP contribution is -2.18. The third-order valence-electron chi connectivity index (χ3n) is 5.85. The summed E-state index contributed by atoms with van der Waals surface area (Å²) in [6, 6.07) is 9.56. The molecule has 0 radical (unpaired) electrons. The highest BCUT2D eigenvalue weighted by atomic mass is 35.5. The molecule has 3 aromatic heterocycles. The van der Waals surface area contributed by atoms with Crippen LogP contribution in [-0.4, -0.2) is 26.8 Å². The molecule has 0 fully saturated rings. The standard InChI is InChI=1S/C24H21ClN4O3/c1-12-7-16(25)6-5-15(12)11-29-23-17-9-21(31-4)18(22-13(2)28-32-14(22)3)8-19(17)26-10-20(23)27-24(29)30/h5-10H,11H2,1-4H3,(H,27,30). The van der Waals surface area contributed by atoms with E-state index in [9.17, 15) is 4.79 Å². The summed E-state index contributed by atoms with van der Waals surface area (Å²) in [5, 5.41) is 5.56. The monoisotopic (exact) mass is 448 g/mol. The van der Waals surface area contributed by atoms with E-state index in [1.807, 2.05) is 51.1 Å². The highest BCUT2D eigenvalue weighted by Crippen LogP contribution is 2.38. The number of halogens is 1. The zero-order valence-electron chi connectivity index (χ0n) is 18.1. The van der Waals surface area contributed by atoms with Gasteiger partial charge >= 0.3 is 5.69 Å². The molecule has 32 heavy (non-hydrogen) atoms. The third kappa shape index (κ3) is 3.17. The molecule has 0 atom stereocenters.